The standard InChI is InChI=1S/C10H13NO3S/c1-7(11-15(13)14)9-3-5-10(6-4-9)8(2)12/h3-7,15H,1-2H3,(H,11,13,14)/t7-/m1/s1. The van der Waals surface area contributed by atoms with Crippen LogP contribution < -0.4 is 4.72 Å². The van der Waals surface area contributed by atoms with Gasteiger partial charge in [0.2, 0.25) is 10.9 Å². The van der Waals surface area contributed by atoms with Gasteiger partial charge >= 0.3 is 0 Å². The fourth-order valence-corrected chi connectivity index (χ4v) is 1.70. The summed E-state index contributed by atoms with van der Waals surface area (Å²) >= 11 is 0. The lowest BCUT2D eigenvalue weighted by Gasteiger charge is -2.09. The fraction of sp³-hybridized carbons (Fsp3) is 0.300. The van der Waals surface area contributed by atoms with Crippen molar-refractivity contribution in [2.75, 3.05) is 0 Å². The number of hydrogen-bond acceptors (Lipinski definition) is 3. The molecule has 15 heavy (non-hydrogen) atoms. The molecule has 1 rings (SSSR count). The van der Waals surface area contributed by atoms with Gasteiger partial charge in [0.1, 0.15) is 0 Å². The van der Waals surface area contributed by atoms with Gasteiger partial charge in [0.25, 0.3) is 0 Å². The summed E-state index contributed by atoms with van der Waals surface area (Å²) in [5.74, 6) is -0.00272. The van der Waals surface area contributed by atoms with Crippen molar-refractivity contribution in [2.24, 2.45) is 0 Å². The van der Waals surface area contributed by atoms with Crippen LogP contribution in [0.15, 0.2) is 24.3 Å². The lowest BCUT2D eigenvalue weighted by atomic mass is 10.1. The average Bonchev–Trinajstić information content (AvgIpc) is 2.17. The van der Waals surface area contributed by atoms with Crippen molar-refractivity contribution >= 4 is 16.7 Å². The van der Waals surface area contributed by atoms with E-state index in [1.54, 1.807) is 31.2 Å². The minimum atomic E-state index is -2.60. The summed E-state index contributed by atoms with van der Waals surface area (Å²) in [5.41, 5.74) is 1.46. The van der Waals surface area contributed by atoms with Gasteiger partial charge in [0, 0.05) is 11.6 Å². The zero-order valence-electron chi connectivity index (χ0n) is 8.56. The molecule has 0 amide bonds. The van der Waals surface area contributed by atoms with E-state index in [2.05, 4.69) is 4.72 Å². The summed E-state index contributed by atoms with van der Waals surface area (Å²) in [6.45, 7) is 3.24. The number of nitrogens with one attached hydrogen (secondary N) is 1. The van der Waals surface area contributed by atoms with Gasteiger partial charge in [-0.25, -0.2) is 13.1 Å². The van der Waals surface area contributed by atoms with Crippen molar-refractivity contribution < 1.29 is 13.2 Å². The van der Waals surface area contributed by atoms with E-state index in [0.717, 1.165) is 5.56 Å². The van der Waals surface area contributed by atoms with Crippen LogP contribution in [0.1, 0.15) is 35.8 Å². The zero-order valence-corrected chi connectivity index (χ0v) is 9.45. The van der Waals surface area contributed by atoms with Crippen LogP contribution in [0, 0.1) is 0 Å². The number of rotatable bonds is 4. The molecule has 0 heterocycles. The first-order valence-electron chi connectivity index (χ1n) is 4.52. The number of ketones is 1. The van der Waals surface area contributed by atoms with Crippen molar-refractivity contribution in [1.29, 1.82) is 0 Å². The number of hydrogen-bond donors (Lipinski definition) is 2. The Morgan fingerprint density at radius 2 is 1.80 bits per heavy atom. The van der Waals surface area contributed by atoms with Gasteiger partial charge in [0.15, 0.2) is 5.78 Å². The van der Waals surface area contributed by atoms with Gasteiger partial charge in [0.05, 0.1) is 0 Å². The fourth-order valence-electron chi connectivity index (χ4n) is 1.24. The summed E-state index contributed by atoms with van der Waals surface area (Å²) in [5, 5.41) is 0. The summed E-state index contributed by atoms with van der Waals surface area (Å²) in [7, 11) is -2.60. The molecule has 4 nitrogen and oxygen atoms in total. The third-order valence-corrected chi connectivity index (χ3v) is 2.71. The van der Waals surface area contributed by atoms with Gasteiger partial charge in [-0.1, -0.05) is 24.3 Å². The molecular formula is C10H13NO3S. The van der Waals surface area contributed by atoms with E-state index in [9.17, 15) is 13.2 Å². The predicted octanol–water partition coefficient (Wildman–Crippen LogP) is 1.07. The second-order valence-electron chi connectivity index (χ2n) is 3.29. The van der Waals surface area contributed by atoms with E-state index < -0.39 is 10.9 Å². The number of carbonyl (C=O) groups is 1. The molecule has 0 spiro atoms. The Kier molecular flexibility index (Phi) is 3.99. The highest BCUT2D eigenvalue weighted by Crippen LogP contribution is 2.13. The minimum absolute atomic E-state index is 0.00272. The molecule has 5 heteroatoms. The van der Waals surface area contributed by atoms with E-state index in [1.807, 2.05) is 0 Å². The van der Waals surface area contributed by atoms with E-state index >= 15 is 0 Å². The van der Waals surface area contributed by atoms with Crippen molar-refractivity contribution in [3.05, 3.63) is 35.4 Å². The highest BCUT2D eigenvalue weighted by molar-refractivity contribution is 7.70. The van der Waals surface area contributed by atoms with Crippen LogP contribution in [-0.4, -0.2) is 14.2 Å². The molecule has 0 aliphatic rings. The molecule has 1 atom stereocenters. The van der Waals surface area contributed by atoms with Crippen LogP contribution in [0.2, 0.25) is 0 Å². The first kappa shape index (κ1) is 11.9. The molecule has 1 aromatic carbocycles. The second-order valence-corrected chi connectivity index (χ2v) is 4.06. The largest absolute Gasteiger partial charge is 0.295 e. The molecule has 0 aliphatic heterocycles. The predicted molar refractivity (Wildman–Crippen MR) is 58.3 cm³/mol. The number of thiol groups is 1. The Balaban J connectivity index is 2.84. The quantitative estimate of drug-likeness (QED) is 0.597. The van der Waals surface area contributed by atoms with Gasteiger partial charge in [-0.05, 0) is 19.4 Å². The van der Waals surface area contributed by atoms with Crippen molar-refractivity contribution in [3.63, 3.8) is 0 Å². The zero-order chi connectivity index (χ0) is 11.4. The lowest BCUT2D eigenvalue weighted by molar-refractivity contribution is 0.101. The van der Waals surface area contributed by atoms with Crippen molar-refractivity contribution in [1.82, 2.24) is 4.72 Å². The topological polar surface area (TPSA) is 63.2 Å². The normalized spacial score (nSPS) is 12.7. The van der Waals surface area contributed by atoms with Crippen molar-refractivity contribution in [3.8, 4) is 0 Å². The molecule has 82 valence electrons. The summed E-state index contributed by atoms with van der Waals surface area (Å²) in [6, 6.07) is 6.59. The first-order valence-corrected chi connectivity index (χ1v) is 5.70. The Labute approximate surface area is 90.4 Å². The SMILES string of the molecule is CC(=O)c1ccc([C@@H](C)N[SH](=O)=O)cc1. The molecule has 1 N–H and O–H groups in total. The maximum atomic E-state index is 11.0. The minimum Gasteiger partial charge on any atom is -0.295 e. The molecule has 0 fully saturated rings. The summed E-state index contributed by atoms with van der Waals surface area (Å²) in [6.07, 6.45) is 0. The van der Waals surface area contributed by atoms with Crippen LogP contribution in [0.25, 0.3) is 0 Å². The van der Waals surface area contributed by atoms with Crippen molar-refractivity contribution in [2.45, 2.75) is 19.9 Å². The van der Waals surface area contributed by atoms with Crippen LogP contribution in [-0.2, 0) is 10.9 Å². The van der Waals surface area contributed by atoms with Crippen LogP contribution in [0.4, 0.5) is 0 Å². The molecule has 0 aromatic heterocycles. The molecule has 0 radical (unpaired) electrons. The third kappa shape index (κ3) is 3.45. The molecule has 1 aromatic rings. The lowest BCUT2D eigenvalue weighted by Crippen LogP contribution is -2.16. The van der Waals surface area contributed by atoms with Gasteiger partial charge in [-0.15, -0.1) is 0 Å². The smallest absolute Gasteiger partial charge is 0.201 e. The van der Waals surface area contributed by atoms with E-state index in [0.29, 0.717) is 5.56 Å². The molecule has 0 saturated heterocycles. The van der Waals surface area contributed by atoms with Crippen LogP contribution in [0.5, 0.6) is 0 Å². The number of Topliss-reactive ketones (excluding diaryl/α,β-unsaturated/α-hetero) is 1. The maximum Gasteiger partial charge on any atom is 0.201 e. The monoisotopic (exact) mass is 227 g/mol. The van der Waals surface area contributed by atoms with Gasteiger partial charge in [-0.3, -0.25) is 4.79 Å². The highest BCUT2D eigenvalue weighted by Gasteiger charge is 2.06. The molecule has 0 bridgehead atoms. The van der Waals surface area contributed by atoms with E-state index in [4.69, 9.17) is 0 Å². The summed E-state index contributed by atoms with van der Waals surface area (Å²) in [4.78, 5) is 11.0. The summed E-state index contributed by atoms with van der Waals surface area (Å²) < 4.78 is 23.2. The van der Waals surface area contributed by atoms with Crippen LogP contribution in [0.3, 0.4) is 0 Å². The Morgan fingerprint density at radius 3 is 2.20 bits per heavy atom. The molecule has 0 aliphatic carbocycles. The number of benzene rings is 1. The third-order valence-electron chi connectivity index (χ3n) is 2.12. The first-order chi connectivity index (χ1) is 7.00. The van der Waals surface area contributed by atoms with Crippen LogP contribution >= 0.6 is 0 Å². The maximum absolute atomic E-state index is 11.0. The van der Waals surface area contributed by atoms with E-state index in [-0.39, 0.29) is 11.8 Å². The second kappa shape index (κ2) is 5.04. The average molecular weight is 227 g/mol. The molecule has 0 unspecified atom stereocenters. The highest BCUT2D eigenvalue weighted by atomic mass is 32.2. The molecular weight excluding hydrogens is 214 g/mol. The Hall–Kier alpha value is -1.20. The molecule has 0 saturated carbocycles. The van der Waals surface area contributed by atoms with E-state index in [1.165, 1.54) is 6.92 Å². The van der Waals surface area contributed by atoms with Gasteiger partial charge in [-0.2, -0.15) is 0 Å². The van der Waals surface area contributed by atoms with Gasteiger partial charge < -0.3 is 0 Å². The number of carbonyl (C=O) groups excluding carboxylic acids is 1. The Bertz CT molecular complexity index is 415. The Morgan fingerprint density at radius 1 is 1.27 bits per heavy atom.